The van der Waals surface area contributed by atoms with Crippen molar-refractivity contribution in [1.29, 1.82) is 0 Å². The molecule has 0 saturated heterocycles. The highest BCUT2D eigenvalue weighted by atomic mass is 16.6. The molecule has 0 amide bonds. The molecule has 58 heavy (non-hydrogen) atoms. The summed E-state index contributed by atoms with van der Waals surface area (Å²) in [7, 11) is 1.65. The van der Waals surface area contributed by atoms with E-state index in [0.717, 1.165) is 64.2 Å². The lowest BCUT2D eigenvalue weighted by Gasteiger charge is -2.24. The molecule has 0 bridgehead atoms. The summed E-state index contributed by atoms with van der Waals surface area (Å²) >= 11 is 0. The third-order valence-corrected chi connectivity index (χ3v) is 11.6. The van der Waals surface area contributed by atoms with Crippen LogP contribution < -0.4 is 0 Å². The molecule has 0 aromatic heterocycles. The maximum absolute atomic E-state index is 12.8. The maximum atomic E-state index is 12.8. The first-order valence-electron chi connectivity index (χ1n) is 25.0. The fourth-order valence-electron chi connectivity index (χ4n) is 7.82. The molecule has 8 heteroatoms. The second-order valence-electron chi connectivity index (χ2n) is 17.6. The standard InChI is InChI=1S/C50H96O8/c1-6-8-10-12-14-16-18-20-22-23-25-27-31-35-39-47(52)56-42-45(58-49(54)41-37-32-28-26-24-21-19-17-15-13-11-9-7-2)43-57-48(53)40-36-33-29-30-34-38-46(51)50(55-5)44(3)4/h44-46,50-51H,6-43H2,1-5H3. The van der Waals surface area contributed by atoms with Gasteiger partial charge in [-0.15, -0.1) is 0 Å². The van der Waals surface area contributed by atoms with Gasteiger partial charge in [-0.25, -0.2) is 0 Å². The van der Waals surface area contributed by atoms with Crippen molar-refractivity contribution in [2.75, 3.05) is 20.3 Å². The van der Waals surface area contributed by atoms with E-state index in [0.29, 0.717) is 32.1 Å². The molecule has 1 N–H and O–H groups in total. The van der Waals surface area contributed by atoms with Gasteiger partial charge in [-0.3, -0.25) is 14.4 Å². The van der Waals surface area contributed by atoms with Crippen molar-refractivity contribution in [2.45, 2.75) is 277 Å². The van der Waals surface area contributed by atoms with E-state index in [-0.39, 0.29) is 43.1 Å². The molecule has 8 nitrogen and oxygen atoms in total. The molecule has 344 valence electrons. The molecule has 3 unspecified atom stereocenters. The van der Waals surface area contributed by atoms with E-state index in [1.807, 2.05) is 0 Å². The predicted octanol–water partition coefficient (Wildman–Crippen LogP) is 14.1. The molecule has 0 aliphatic carbocycles. The van der Waals surface area contributed by atoms with Crippen molar-refractivity contribution in [1.82, 2.24) is 0 Å². The lowest BCUT2D eigenvalue weighted by atomic mass is 9.97. The number of ether oxygens (including phenoxy) is 4. The molecular weight excluding hydrogens is 729 g/mol. The summed E-state index contributed by atoms with van der Waals surface area (Å²) in [5.74, 6) is -0.689. The first-order valence-corrected chi connectivity index (χ1v) is 25.0. The van der Waals surface area contributed by atoms with Crippen molar-refractivity contribution in [3.63, 3.8) is 0 Å². The number of carbonyl (C=O) groups excluding carboxylic acids is 3. The van der Waals surface area contributed by atoms with E-state index >= 15 is 0 Å². The van der Waals surface area contributed by atoms with Crippen molar-refractivity contribution in [2.24, 2.45) is 5.92 Å². The van der Waals surface area contributed by atoms with Crippen LogP contribution in [0.25, 0.3) is 0 Å². The highest BCUT2D eigenvalue weighted by molar-refractivity contribution is 5.71. The quantitative estimate of drug-likeness (QED) is 0.0367. The Balaban J connectivity index is 4.42. The van der Waals surface area contributed by atoms with Gasteiger partial charge in [0.2, 0.25) is 0 Å². The number of carbonyl (C=O) groups is 3. The van der Waals surface area contributed by atoms with E-state index in [2.05, 4.69) is 27.7 Å². The zero-order valence-corrected chi connectivity index (χ0v) is 39.0. The predicted molar refractivity (Wildman–Crippen MR) is 241 cm³/mol. The van der Waals surface area contributed by atoms with Gasteiger partial charge in [0.15, 0.2) is 6.10 Å². The second kappa shape index (κ2) is 43.4. The van der Waals surface area contributed by atoms with Gasteiger partial charge in [-0.1, -0.05) is 214 Å². The Kier molecular flexibility index (Phi) is 42.2. The lowest BCUT2D eigenvalue weighted by molar-refractivity contribution is -0.167. The number of aliphatic hydroxyl groups excluding tert-OH is 1. The average Bonchev–Trinajstić information content (AvgIpc) is 3.20. The number of rotatable bonds is 45. The number of aliphatic hydroxyl groups is 1. The van der Waals surface area contributed by atoms with E-state index in [1.54, 1.807) is 7.11 Å². The summed E-state index contributed by atoms with van der Waals surface area (Å²) in [6.45, 7) is 8.43. The summed E-state index contributed by atoms with van der Waals surface area (Å²) in [6, 6.07) is 0. The Morgan fingerprint density at radius 2 is 0.724 bits per heavy atom. The minimum absolute atomic E-state index is 0.0956. The van der Waals surface area contributed by atoms with Gasteiger partial charge in [-0.2, -0.15) is 0 Å². The molecule has 0 aromatic rings. The van der Waals surface area contributed by atoms with Gasteiger partial charge in [0.05, 0.1) is 12.2 Å². The molecule has 0 heterocycles. The summed E-state index contributed by atoms with van der Waals surface area (Å²) in [4.78, 5) is 37.9. The topological polar surface area (TPSA) is 108 Å². The Morgan fingerprint density at radius 1 is 0.431 bits per heavy atom. The smallest absolute Gasteiger partial charge is 0.306 e. The molecule has 0 fully saturated rings. The second-order valence-corrected chi connectivity index (χ2v) is 17.6. The van der Waals surface area contributed by atoms with Crippen LogP contribution in [0.5, 0.6) is 0 Å². The molecular formula is C50H96O8. The van der Waals surface area contributed by atoms with Crippen LogP contribution >= 0.6 is 0 Å². The summed E-state index contributed by atoms with van der Waals surface area (Å²) in [6.07, 6.45) is 38.5. The Bertz CT molecular complexity index is 908. The van der Waals surface area contributed by atoms with Crippen LogP contribution in [0.3, 0.4) is 0 Å². The normalized spacial score (nSPS) is 13.1. The Morgan fingerprint density at radius 3 is 1.03 bits per heavy atom. The van der Waals surface area contributed by atoms with Crippen molar-refractivity contribution in [3.05, 3.63) is 0 Å². The zero-order valence-electron chi connectivity index (χ0n) is 39.0. The molecule has 0 aromatic carbocycles. The molecule has 3 atom stereocenters. The van der Waals surface area contributed by atoms with Gasteiger partial charge >= 0.3 is 17.9 Å². The molecule has 0 saturated carbocycles. The van der Waals surface area contributed by atoms with Gasteiger partial charge in [0, 0.05) is 26.4 Å². The summed E-state index contributed by atoms with van der Waals surface area (Å²) in [5, 5.41) is 10.4. The highest BCUT2D eigenvalue weighted by Crippen LogP contribution is 2.18. The first-order chi connectivity index (χ1) is 28.2. The van der Waals surface area contributed by atoms with Crippen LogP contribution in [-0.4, -0.2) is 61.6 Å². The number of hydrogen-bond acceptors (Lipinski definition) is 8. The molecule has 0 aliphatic rings. The van der Waals surface area contributed by atoms with Crippen LogP contribution in [0, 0.1) is 5.92 Å². The van der Waals surface area contributed by atoms with Gasteiger partial charge < -0.3 is 24.1 Å². The molecule has 0 spiro atoms. The number of esters is 3. The highest BCUT2D eigenvalue weighted by Gasteiger charge is 2.22. The monoisotopic (exact) mass is 825 g/mol. The fraction of sp³-hybridized carbons (Fsp3) is 0.940. The van der Waals surface area contributed by atoms with E-state index in [9.17, 15) is 19.5 Å². The minimum atomic E-state index is -0.799. The SMILES string of the molecule is CCCCCCCCCCCCCCCCC(=O)OCC(COC(=O)CCCCCCCC(O)C(OC)C(C)C)OC(=O)CCCCCCCCCCCCCCC. The largest absolute Gasteiger partial charge is 0.462 e. The van der Waals surface area contributed by atoms with Crippen LogP contribution in [0.15, 0.2) is 0 Å². The first kappa shape index (κ1) is 56.3. The van der Waals surface area contributed by atoms with E-state index in [4.69, 9.17) is 18.9 Å². The Labute approximate surface area is 358 Å². The van der Waals surface area contributed by atoms with Crippen LogP contribution in [0.2, 0.25) is 0 Å². The number of unbranched alkanes of at least 4 members (excludes halogenated alkanes) is 29. The van der Waals surface area contributed by atoms with Gasteiger partial charge in [0.25, 0.3) is 0 Å². The number of hydrogen-bond donors (Lipinski definition) is 1. The maximum Gasteiger partial charge on any atom is 0.306 e. The third kappa shape index (κ3) is 38.5. The summed E-state index contributed by atoms with van der Waals surface area (Å²) < 4.78 is 22.2. The molecule has 0 aliphatic heterocycles. The van der Waals surface area contributed by atoms with Crippen LogP contribution in [0.1, 0.15) is 259 Å². The lowest BCUT2D eigenvalue weighted by Crippen LogP contribution is -2.32. The van der Waals surface area contributed by atoms with Crippen molar-refractivity contribution >= 4 is 17.9 Å². The fourth-order valence-corrected chi connectivity index (χ4v) is 7.82. The van der Waals surface area contributed by atoms with Crippen molar-refractivity contribution < 1.29 is 38.4 Å². The van der Waals surface area contributed by atoms with Crippen LogP contribution in [-0.2, 0) is 33.3 Å². The van der Waals surface area contributed by atoms with Crippen molar-refractivity contribution in [3.8, 4) is 0 Å². The Hall–Kier alpha value is -1.67. The van der Waals surface area contributed by atoms with Crippen LogP contribution in [0.4, 0.5) is 0 Å². The average molecular weight is 825 g/mol. The third-order valence-electron chi connectivity index (χ3n) is 11.6. The minimum Gasteiger partial charge on any atom is -0.462 e. The molecule has 0 radical (unpaired) electrons. The summed E-state index contributed by atoms with van der Waals surface area (Å²) in [5.41, 5.74) is 0. The number of methoxy groups -OCH3 is 1. The molecule has 0 rings (SSSR count). The zero-order chi connectivity index (χ0) is 42.7. The van der Waals surface area contributed by atoms with Gasteiger partial charge in [-0.05, 0) is 31.6 Å². The van der Waals surface area contributed by atoms with Gasteiger partial charge in [0.1, 0.15) is 13.2 Å². The van der Waals surface area contributed by atoms with E-state index in [1.165, 1.54) is 135 Å². The van der Waals surface area contributed by atoms with E-state index < -0.39 is 12.2 Å².